The van der Waals surface area contributed by atoms with E-state index in [1.807, 2.05) is 31.2 Å². The molecule has 1 aliphatic rings. The molecule has 0 spiro atoms. The molecule has 3 rings (SSSR count). The molecule has 1 saturated heterocycles. The van der Waals surface area contributed by atoms with E-state index in [0.717, 1.165) is 17.1 Å². The van der Waals surface area contributed by atoms with E-state index < -0.39 is 6.04 Å². The van der Waals surface area contributed by atoms with E-state index in [9.17, 15) is 9.59 Å². The van der Waals surface area contributed by atoms with Gasteiger partial charge in [-0.05, 0) is 55.0 Å². The van der Waals surface area contributed by atoms with Gasteiger partial charge in [-0.25, -0.2) is 0 Å². The van der Waals surface area contributed by atoms with Crippen molar-refractivity contribution in [2.75, 3.05) is 30.7 Å². The van der Waals surface area contributed by atoms with Crippen molar-refractivity contribution >= 4 is 35.3 Å². The lowest BCUT2D eigenvalue weighted by atomic mass is 10.2. The number of nitrogens with zero attached hydrogens (tertiary/aromatic N) is 1. The predicted molar refractivity (Wildman–Crippen MR) is 116 cm³/mol. The SMILES string of the molecule is CCOc1ccc(/C=C/C(=O)N2CSCC2C(=O)Nc2ccc(OC)cc2)cc1. The summed E-state index contributed by atoms with van der Waals surface area (Å²) in [5.41, 5.74) is 1.57. The van der Waals surface area contributed by atoms with Gasteiger partial charge in [0.1, 0.15) is 17.5 Å². The highest BCUT2D eigenvalue weighted by atomic mass is 32.2. The number of ether oxygens (including phenoxy) is 2. The maximum Gasteiger partial charge on any atom is 0.248 e. The van der Waals surface area contributed by atoms with Gasteiger partial charge < -0.3 is 19.7 Å². The number of hydrogen-bond acceptors (Lipinski definition) is 5. The largest absolute Gasteiger partial charge is 0.497 e. The van der Waals surface area contributed by atoms with Crippen LogP contribution in [-0.4, -0.2) is 48.1 Å². The number of methoxy groups -OCH3 is 1. The van der Waals surface area contributed by atoms with Crippen molar-refractivity contribution in [3.63, 3.8) is 0 Å². The Morgan fingerprint density at radius 3 is 2.48 bits per heavy atom. The highest BCUT2D eigenvalue weighted by molar-refractivity contribution is 7.99. The van der Waals surface area contributed by atoms with Crippen LogP contribution in [0.15, 0.2) is 54.6 Å². The first-order valence-electron chi connectivity index (χ1n) is 9.35. The third-order valence-corrected chi connectivity index (χ3v) is 5.45. The lowest BCUT2D eigenvalue weighted by Gasteiger charge is -2.21. The summed E-state index contributed by atoms with van der Waals surface area (Å²) in [5, 5.41) is 2.87. The molecule has 1 aliphatic heterocycles. The van der Waals surface area contributed by atoms with Crippen molar-refractivity contribution in [2.24, 2.45) is 0 Å². The molecule has 0 saturated carbocycles. The van der Waals surface area contributed by atoms with Crippen LogP contribution >= 0.6 is 11.8 Å². The quantitative estimate of drug-likeness (QED) is 0.703. The average molecular weight is 413 g/mol. The molecule has 6 nitrogen and oxygen atoms in total. The van der Waals surface area contributed by atoms with Crippen LogP contribution in [-0.2, 0) is 9.59 Å². The summed E-state index contributed by atoms with van der Waals surface area (Å²) >= 11 is 1.57. The van der Waals surface area contributed by atoms with Crippen LogP contribution in [0.2, 0.25) is 0 Å². The topological polar surface area (TPSA) is 67.9 Å². The third-order valence-electron chi connectivity index (χ3n) is 4.44. The van der Waals surface area contributed by atoms with Gasteiger partial charge in [-0.2, -0.15) is 0 Å². The molecule has 1 heterocycles. The number of thioether (sulfide) groups is 1. The fourth-order valence-electron chi connectivity index (χ4n) is 2.88. The molecule has 1 unspecified atom stereocenters. The van der Waals surface area contributed by atoms with E-state index in [2.05, 4.69) is 5.32 Å². The Kier molecular flexibility index (Phi) is 7.19. The van der Waals surface area contributed by atoms with Crippen molar-refractivity contribution < 1.29 is 19.1 Å². The molecule has 2 aromatic rings. The molecule has 2 amide bonds. The van der Waals surface area contributed by atoms with Crippen molar-refractivity contribution in [3.05, 3.63) is 60.2 Å². The van der Waals surface area contributed by atoms with Crippen LogP contribution < -0.4 is 14.8 Å². The molecular formula is C22H24N2O4S. The van der Waals surface area contributed by atoms with Crippen LogP contribution in [0, 0.1) is 0 Å². The van der Waals surface area contributed by atoms with Gasteiger partial charge in [0.15, 0.2) is 0 Å². The van der Waals surface area contributed by atoms with Crippen LogP contribution in [0.25, 0.3) is 6.08 Å². The summed E-state index contributed by atoms with van der Waals surface area (Å²) in [6.07, 6.45) is 3.26. The molecule has 0 aromatic heterocycles. The highest BCUT2D eigenvalue weighted by Gasteiger charge is 2.33. The van der Waals surface area contributed by atoms with Gasteiger partial charge in [0, 0.05) is 17.5 Å². The second kappa shape index (κ2) is 10.0. The minimum Gasteiger partial charge on any atom is -0.497 e. The maximum absolute atomic E-state index is 12.7. The minimum atomic E-state index is -0.500. The smallest absolute Gasteiger partial charge is 0.248 e. The molecule has 1 fully saturated rings. The van der Waals surface area contributed by atoms with Gasteiger partial charge in [0.05, 0.1) is 19.6 Å². The predicted octanol–water partition coefficient (Wildman–Crippen LogP) is 3.65. The van der Waals surface area contributed by atoms with Crippen LogP contribution in [0.5, 0.6) is 11.5 Å². The number of anilines is 1. The second-order valence-corrected chi connectivity index (χ2v) is 7.38. The van der Waals surface area contributed by atoms with E-state index in [0.29, 0.717) is 23.9 Å². The van der Waals surface area contributed by atoms with E-state index in [1.165, 1.54) is 6.08 Å². The van der Waals surface area contributed by atoms with Gasteiger partial charge in [-0.1, -0.05) is 12.1 Å². The van der Waals surface area contributed by atoms with Gasteiger partial charge in [-0.3, -0.25) is 9.59 Å². The Balaban J connectivity index is 1.61. The second-order valence-electron chi connectivity index (χ2n) is 6.38. The fourth-order valence-corrected chi connectivity index (χ4v) is 4.05. The Labute approximate surface area is 174 Å². The Morgan fingerprint density at radius 1 is 1.14 bits per heavy atom. The lowest BCUT2D eigenvalue weighted by Crippen LogP contribution is -2.43. The van der Waals surface area contributed by atoms with Gasteiger partial charge in [-0.15, -0.1) is 11.8 Å². The zero-order valence-corrected chi connectivity index (χ0v) is 17.3. The normalized spacial score (nSPS) is 16.1. The molecular weight excluding hydrogens is 388 g/mol. The summed E-state index contributed by atoms with van der Waals surface area (Å²) in [6.45, 7) is 2.54. The number of carbonyl (C=O) groups excluding carboxylic acids is 2. The zero-order chi connectivity index (χ0) is 20.6. The maximum atomic E-state index is 12.7. The molecule has 2 aromatic carbocycles. The Hall–Kier alpha value is -2.93. The number of carbonyl (C=O) groups is 2. The molecule has 29 heavy (non-hydrogen) atoms. The van der Waals surface area contributed by atoms with E-state index >= 15 is 0 Å². The molecule has 0 aliphatic carbocycles. The van der Waals surface area contributed by atoms with Gasteiger partial charge in [0.2, 0.25) is 11.8 Å². The molecule has 0 bridgehead atoms. The minimum absolute atomic E-state index is 0.182. The molecule has 152 valence electrons. The first-order valence-corrected chi connectivity index (χ1v) is 10.5. The average Bonchev–Trinajstić information content (AvgIpc) is 3.24. The van der Waals surface area contributed by atoms with Gasteiger partial charge >= 0.3 is 0 Å². The van der Waals surface area contributed by atoms with Crippen LogP contribution in [0.3, 0.4) is 0 Å². The van der Waals surface area contributed by atoms with Crippen molar-refractivity contribution in [2.45, 2.75) is 13.0 Å². The first-order chi connectivity index (χ1) is 14.1. The first kappa shape index (κ1) is 20.8. The number of benzene rings is 2. The summed E-state index contributed by atoms with van der Waals surface area (Å²) in [4.78, 5) is 26.9. The lowest BCUT2D eigenvalue weighted by molar-refractivity contribution is -0.132. The summed E-state index contributed by atoms with van der Waals surface area (Å²) in [7, 11) is 1.59. The Bertz CT molecular complexity index is 865. The highest BCUT2D eigenvalue weighted by Crippen LogP contribution is 2.24. The van der Waals surface area contributed by atoms with Gasteiger partial charge in [0.25, 0.3) is 0 Å². The number of rotatable bonds is 7. The van der Waals surface area contributed by atoms with Crippen LogP contribution in [0.1, 0.15) is 12.5 Å². The standard InChI is InChI=1S/C22H24N2O4S/c1-3-28-19-9-4-16(5-10-19)6-13-21(25)24-15-29-14-20(24)22(26)23-17-7-11-18(27-2)12-8-17/h4-13,20H,3,14-15H2,1-2H3,(H,23,26)/b13-6+. The molecule has 1 atom stereocenters. The number of amides is 2. The van der Waals surface area contributed by atoms with E-state index in [4.69, 9.17) is 9.47 Å². The van der Waals surface area contributed by atoms with Crippen molar-refractivity contribution in [3.8, 4) is 11.5 Å². The zero-order valence-electron chi connectivity index (χ0n) is 16.5. The monoisotopic (exact) mass is 412 g/mol. The Morgan fingerprint density at radius 2 is 1.83 bits per heavy atom. The number of nitrogens with one attached hydrogen (secondary N) is 1. The molecule has 7 heteroatoms. The summed E-state index contributed by atoms with van der Waals surface area (Å²) < 4.78 is 10.5. The summed E-state index contributed by atoms with van der Waals surface area (Å²) in [6, 6.07) is 14.1. The van der Waals surface area contributed by atoms with E-state index in [1.54, 1.807) is 54.1 Å². The number of hydrogen-bond donors (Lipinski definition) is 1. The fraction of sp³-hybridized carbons (Fsp3) is 0.273. The molecule has 1 N–H and O–H groups in total. The van der Waals surface area contributed by atoms with E-state index in [-0.39, 0.29) is 11.8 Å². The van der Waals surface area contributed by atoms with Crippen molar-refractivity contribution in [1.29, 1.82) is 0 Å². The third kappa shape index (κ3) is 5.54. The van der Waals surface area contributed by atoms with Crippen molar-refractivity contribution in [1.82, 2.24) is 4.90 Å². The van der Waals surface area contributed by atoms with Crippen LogP contribution in [0.4, 0.5) is 5.69 Å². The molecule has 0 radical (unpaired) electrons. The summed E-state index contributed by atoms with van der Waals surface area (Å²) in [5.74, 6) is 2.21.